The number of nitrogen functional groups attached to an aromatic ring is 1. The molecule has 1 aromatic heterocycles. The van der Waals surface area contributed by atoms with Gasteiger partial charge in [-0.1, -0.05) is 36.4 Å². The molecule has 128 valence electrons. The first-order valence-electron chi connectivity index (χ1n) is 8.63. The summed E-state index contributed by atoms with van der Waals surface area (Å²) in [6, 6.07) is 10.3. The first-order valence-corrected chi connectivity index (χ1v) is 8.63. The maximum absolute atomic E-state index is 12.4. The number of hydrogen-bond donors (Lipinski definition) is 2. The summed E-state index contributed by atoms with van der Waals surface area (Å²) in [5.41, 5.74) is 9.54. The topological polar surface area (TPSA) is 84.1 Å². The third-order valence-corrected chi connectivity index (χ3v) is 4.78. The van der Waals surface area contributed by atoms with Crippen LogP contribution in [0.5, 0.6) is 0 Å². The molecule has 6 heteroatoms. The van der Waals surface area contributed by atoms with E-state index in [4.69, 9.17) is 5.73 Å². The molecular weight excluding hydrogens is 314 g/mol. The van der Waals surface area contributed by atoms with Crippen molar-refractivity contribution in [3.63, 3.8) is 0 Å². The number of aromatic nitrogens is 2. The lowest BCUT2D eigenvalue weighted by Gasteiger charge is -2.28. The molecule has 1 saturated carbocycles. The first-order chi connectivity index (χ1) is 12.2. The summed E-state index contributed by atoms with van der Waals surface area (Å²) in [5.74, 6) is 0.243. The Labute approximate surface area is 146 Å². The number of amides is 2. The molecule has 0 spiro atoms. The predicted octanol–water partition coefficient (Wildman–Crippen LogP) is 2.81. The van der Waals surface area contributed by atoms with E-state index >= 15 is 0 Å². The van der Waals surface area contributed by atoms with Gasteiger partial charge in [-0.15, -0.1) is 0 Å². The van der Waals surface area contributed by atoms with E-state index in [9.17, 15) is 4.79 Å². The van der Waals surface area contributed by atoms with Gasteiger partial charge in [-0.3, -0.25) is 0 Å². The fraction of sp³-hybridized carbons (Fsp3) is 0.316. The highest BCUT2D eigenvalue weighted by Crippen LogP contribution is 2.26. The second kappa shape index (κ2) is 6.55. The van der Waals surface area contributed by atoms with E-state index in [1.165, 1.54) is 6.42 Å². The van der Waals surface area contributed by atoms with Crippen LogP contribution in [0.1, 0.15) is 41.8 Å². The van der Waals surface area contributed by atoms with Crippen molar-refractivity contribution in [1.29, 1.82) is 0 Å². The summed E-state index contributed by atoms with van der Waals surface area (Å²) in [4.78, 5) is 22.9. The molecule has 0 bridgehead atoms. The third-order valence-electron chi connectivity index (χ3n) is 4.78. The number of nitrogens with two attached hydrogens (primary N) is 1. The van der Waals surface area contributed by atoms with Gasteiger partial charge in [0.25, 0.3) is 0 Å². The number of nitrogens with one attached hydrogen (secondary N) is 1. The Bertz CT molecular complexity index is 814. The number of hydrogen-bond acceptors (Lipinski definition) is 4. The Morgan fingerprint density at radius 2 is 1.96 bits per heavy atom. The van der Waals surface area contributed by atoms with Crippen LogP contribution in [-0.2, 0) is 13.1 Å². The van der Waals surface area contributed by atoms with Crippen LogP contribution in [0.15, 0.2) is 30.3 Å². The van der Waals surface area contributed by atoms with Crippen LogP contribution < -0.4 is 11.1 Å². The van der Waals surface area contributed by atoms with Gasteiger partial charge in [-0.2, -0.15) is 0 Å². The number of carbonyl (C=O) groups excluding carboxylic acids is 1. The number of fused-ring (bicyclic) bond motifs is 1. The lowest BCUT2D eigenvalue weighted by molar-refractivity contribution is 0.186. The summed E-state index contributed by atoms with van der Waals surface area (Å²) in [6.45, 7) is 0.995. The number of urea groups is 1. The second-order valence-electron chi connectivity index (χ2n) is 6.57. The zero-order valence-electron chi connectivity index (χ0n) is 14.0. The number of rotatable bonds is 3. The molecule has 0 radical (unpaired) electrons. The molecule has 6 nitrogen and oxygen atoms in total. The smallest absolute Gasteiger partial charge is 0.318 e. The Hall–Kier alpha value is -2.89. The van der Waals surface area contributed by atoms with Crippen molar-refractivity contribution >= 4 is 24.1 Å². The molecule has 0 unspecified atom stereocenters. The molecule has 2 aromatic rings. The van der Waals surface area contributed by atoms with Gasteiger partial charge in [-0.25, -0.2) is 14.8 Å². The van der Waals surface area contributed by atoms with Crippen molar-refractivity contribution in [3.05, 3.63) is 52.8 Å². The van der Waals surface area contributed by atoms with E-state index in [1.54, 1.807) is 4.90 Å². The van der Waals surface area contributed by atoms with E-state index in [0.29, 0.717) is 19.1 Å². The molecule has 4 rings (SSSR count). The molecule has 1 aliphatic heterocycles. The van der Waals surface area contributed by atoms with Crippen molar-refractivity contribution in [1.82, 2.24) is 20.2 Å². The molecule has 25 heavy (non-hydrogen) atoms. The predicted molar refractivity (Wildman–Crippen MR) is 97.2 cm³/mol. The van der Waals surface area contributed by atoms with Gasteiger partial charge >= 0.3 is 6.03 Å². The van der Waals surface area contributed by atoms with E-state index < -0.39 is 0 Å². The maximum Gasteiger partial charge on any atom is 0.318 e. The third kappa shape index (κ3) is 3.33. The molecule has 1 aliphatic carbocycles. The van der Waals surface area contributed by atoms with Gasteiger partial charge in [0.2, 0.25) is 5.95 Å². The summed E-state index contributed by atoms with van der Waals surface area (Å²) < 4.78 is 0. The van der Waals surface area contributed by atoms with Gasteiger partial charge < -0.3 is 16.0 Å². The van der Waals surface area contributed by atoms with Crippen LogP contribution in [0.2, 0.25) is 0 Å². The normalized spacial score (nSPS) is 16.7. The van der Waals surface area contributed by atoms with E-state index in [0.717, 1.165) is 35.4 Å². The average Bonchev–Trinajstić information content (AvgIpc) is 3.00. The fourth-order valence-electron chi connectivity index (χ4n) is 3.14. The summed E-state index contributed by atoms with van der Waals surface area (Å²) in [6.07, 6.45) is 7.29. The van der Waals surface area contributed by atoms with Crippen molar-refractivity contribution in [2.45, 2.75) is 38.4 Å². The van der Waals surface area contributed by atoms with Crippen LogP contribution in [0.3, 0.4) is 0 Å². The number of benzene rings is 1. The minimum absolute atomic E-state index is 0.0285. The van der Waals surface area contributed by atoms with Crippen LogP contribution in [0.25, 0.3) is 12.2 Å². The standard InChI is InChI=1S/C19H21N5O/c20-18-22-16(10-9-13-5-2-1-3-6-13)15-11-24(12-17(15)23-18)19(25)21-14-7-4-8-14/h1-3,5-6,9-10,14H,4,7-8,11-12H2,(H,21,25)(H2,20,22,23)/b10-9+. The van der Waals surface area contributed by atoms with Gasteiger partial charge in [0, 0.05) is 11.6 Å². The van der Waals surface area contributed by atoms with Crippen LogP contribution in [0.4, 0.5) is 10.7 Å². The van der Waals surface area contributed by atoms with Crippen molar-refractivity contribution in [2.24, 2.45) is 0 Å². The highest BCUT2D eigenvalue weighted by molar-refractivity contribution is 5.76. The molecule has 0 saturated heterocycles. The van der Waals surface area contributed by atoms with Crippen molar-refractivity contribution < 1.29 is 4.79 Å². The van der Waals surface area contributed by atoms with Crippen LogP contribution in [-0.4, -0.2) is 26.9 Å². The minimum Gasteiger partial charge on any atom is -0.368 e. The molecule has 2 heterocycles. The Balaban J connectivity index is 1.54. The largest absolute Gasteiger partial charge is 0.368 e. The Morgan fingerprint density at radius 1 is 1.16 bits per heavy atom. The van der Waals surface area contributed by atoms with E-state index in [2.05, 4.69) is 15.3 Å². The van der Waals surface area contributed by atoms with Crippen LogP contribution in [0, 0.1) is 0 Å². The highest BCUT2D eigenvalue weighted by atomic mass is 16.2. The number of anilines is 1. The summed E-state index contributed by atoms with van der Waals surface area (Å²) in [7, 11) is 0. The lowest BCUT2D eigenvalue weighted by atomic mass is 9.93. The monoisotopic (exact) mass is 335 g/mol. The van der Waals surface area contributed by atoms with Gasteiger partial charge in [-0.05, 0) is 30.9 Å². The number of nitrogens with zero attached hydrogens (tertiary/aromatic N) is 3. The van der Waals surface area contributed by atoms with Gasteiger partial charge in [0.05, 0.1) is 24.5 Å². The summed E-state index contributed by atoms with van der Waals surface area (Å²) >= 11 is 0. The second-order valence-corrected chi connectivity index (χ2v) is 6.57. The maximum atomic E-state index is 12.4. The fourth-order valence-corrected chi connectivity index (χ4v) is 3.14. The SMILES string of the molecule is Nc1nc(/C=C/c2ccccc2)c2c(n1)CN(C(=O)NC1CCC1)C2. The molecule has 1 aromatic carbocycles. The quantitative estimate of drug-likeness (QED) is 0.903. The average molecular weight is 335 g/mol. The molecule has 1 fully saturated rings. The molecule has 3 N–H and O–H groups in total. The Kier molecular flexibility index (Phi) is 4.09. The van der Waals surface area contributed by atoms with E-state index in [-0.39, 0.29) is 12.0 Å². The van der Waals surface area contributed by atoms with Crippen LogP contribution >= 0.6 is 0 Å². The van der Waals surface area contributed by atoms with Crippen molar-refractivity contribution in [3.8, 4) is 0 Å². The lowest BCUT2D eigenvalue weighted by Crippen LogP contribution is -2.45. The van der Waals surface area contributed by atoms with Crippen molar-refractivity contribution in [2.75, 3.05) is 5.73 Å². The molecule has 2 aliphatic rings. The van der Waals surface area contributed by atoms with Gasteiger partial charge in [0.15, 0.2) is 0 Å². The highest BCUT2D eigenvalue weighted by Gasteiger charge is 2.29. The minimum atomic E-state index is -0.0285. The zero-order valence-corrected chi connectivity index (χ0v) is 14.0. The zero-order chi connectivity index (χ0) is 17.2. The molecular formula is C19H21N5O. The molecule has 0 atom stereocenters. The Morgan fingerprint density at radius 3 is 2.68 bits per heavy atom. The molecule has 2 amide bonds. The summed E-state index contributed by atoms with van der Waals surface area (Å²) in [5, 5.41) is 3.07. The number of carbonyl (C=O) groups is 1. The van der Waals surface area contributed by atoms with Gasteiger partial charge in [0.1, 0.15) is 0 Å². The van der Waals surface area contributed by atoms with E-state index in [1.807, 2.05) is 42.5 Å². The first kappa shape index (κ1) is 15.6.